The summed E-state index contributed by atoms with van der Waals surface area (Å²) < 4.78 is 47.7. The number of halogens is 2. The summed E-state index contributed by atoms with van der Waals surface area (Å²) in [5.41, 5.74) is -0.407. The molecule has 1 unspecified atom stereocenters. The monoisotopic (exact) mass is 355 g/mol. The molecule has 0 aromatic heterocycles. The second kappa shape index (κ2) is 7.33. The van der Waals surface area contributed by atoms with Crippen molar-refractivity contribution in [3.63, 3.8) is 0 Å². The molecule has 1 amide bonds. The highest BCUT2D eigenvalue weighted by Crippen LogP contribution is 2.22. The lowest BCUT2D eigenvalue weighted by atomic mass is 10.1. The zero-order chi connectivity index (χ0) is 16.2. The van der Waals surface area contributed by atoms with E-state index in [-0.39, 0.29) is 22.8 Å². The van der Waals surface area contributed by atoms with Gasteiger partial charge in [-0.1, -0.05) is 6.92 Å². The van der Waals surface area contributed by atoms with Gasteiger partial charge in [0.15, 0.2) is 0 Å². The minimum atomic E-state index is -4.06. The number of benzene rings is 1. The molecule has 0 fully saturated rings. The van der Waals surface area contributed by atoms with Gasteiger partial charge in [0.2, 0.25) is 0 Å². The predicted molar refractivity (Wildman–Crippen MR) is 80.1 cm³/mol. The molecule has 1 aromatic carbocycles. The summed E-state index contributed by atoms with van der Waals surface area (Å²) in [5, 5.41) is 2.40. The molecule has 21 heavy (non-hydrogen) atoms. The predicted octanol–water partition coefficient (Wildman–Crippen LogP) is 1.56. The average molecular weight is 356 g/mol. The van der Waals surface area contributed by atoms with Crippen molar-refractivity contribution in [3.05, 3.63) is 29.1 Å². The largest absolute Gasteiger partial charge is 0.351 e. The Balaban J connectivity index is 2.99. The van der Waals surface area contributed by atoms with E-state index in [2.05, 4.69) is 5.32 Å². The smallest absolute Gasteiger partial charge is 0.261 e. The first-order chi connectivity index (χ1) is 9.66. The minimum absolute atomic E-state index is 0.000917. The number of carbonyl (C=O) groups excluding carboxylic acids is 1. The van der Waals surface area contributed by atoms with Crippen molar-refractivity contribution in [2.75, 3.05) is 18.1 Å². The molecule has 0 aliphatic carbocycles. The van der Waals surface area contributed by atoms with Crippen molar-refractivity contribution in [1.29, 1.82) is 0 Å². The number of nitrogens with one attached hydrogen (secondary N) is 1. The van der Waals surface area contributed by atoms with Crippen LogP contribution in [0.2, 0.25) is 0 Å². The van der Waals surface area contributed by atoms with Crippen molar-refractivity contribution in [3.8, 4) is 0 Å². The maximum absolute atomic E-state index is 13.9. The van der Waals surface area contributed by atoms with Crippen LogP contribution in [0.3, 0.4) is 0 Å². The summed E-state index contributed by atoms with van der Waals surface area (Å²) in [5.74, 6) is -0.876. The highest BCUT2D eigenvalue weighted by molar-refractivity contribution is 8.13. The summed E-state index contributed by atoms with van der Waals surface area (Å²) in [4.78, 5) is 11.5. The summed E-state index contributed by atoms with van der Waals surface area (Å²) in [6, 6.07) is 1.94. The lowest BCUT2D eigenvalue weighted by Crippen LogP contribution is -2.29. The molecule has 0 radical (unpaired) electrons. The highest BCUT2D eigenvalue weighted by Gasteiger charge is 2.20. The van der Waals surface area contributed by atoms with Crippen LogP contribution in [-0.2, 0) is 19.9 Å². The first-order valence-electron chi connectivity index (χ1n) is 6.04. The van der Waals surface area contributed by atoms with Gasteiger partial charge in [0.1, 0.15) is 5.82 Å². The van der Waals surface area contributed by atoms with Gasteiger partial charge >= 0.3 is 0 Å². The number of carbonyl (C=O) groups is 1. The number of hydrogen-bond acceptors (Lipinski definition) is 4. The van der Waals surface area contributed by atoms with Gasteiger partial charge in [-0.3, -0.25) is 9.00 Å². The zero-order valence-corrected chi connectivity index (χ0v) is 13.9. The summed E-state index contributed by atoms with van der Waals surface area (Å²) >= 11 is 0. The van der Waals surface area contributed by atoms with Crippen molar-refractivity contribution in [2.24, 2.45) is 0 Å². The van der Waals surface area contributed by atoms with Crippen LogP contribution in [0.5, 0.6) is 0 Å². The lowest BCUT2D eigenvalue weighted by Gasteiger charge is -2.09. The molecule has 1 aromatic rings. The molecule has 0 saturated heterocycles. The molecule has 9 heteroatoms. The second-order valence-electron chi connectivity index (χ2n) is 4.23. The van der Waals surface area contributed by atoms with E-state index in [9.17, 15) is 21.8 Å². The first-order valence-corrected chi connectivity index (χ1v) is 9.84. The van der Waals surface area contributed by atoms with E-state index in [1.165, 1.54) is 6.92 Å². The van der Waals surface area contributed by atoms with Crippen molar-refractivity contribution >= 4 is 36.4 Å². The Bertz CT molecular complexity index is 676. The van der Waals surface area contributed by atoms with Crippen LogP contribution in [0.1, 0.15) is 22.8 Å². The Morgan fingerprint density at radius 2 is 2.05 bits per heavy atom. The van der Waals surface area contributed by atoms with E-state index in [1.807, 2.05) is 0 Å². The standard InChI is InChI=1S/C12H15ClFNO4S2/c1-3-20(17)5-4-15-12(16)10-7-9(21(13,18)19)6-8(2)11(10)14/h6-7H,3-5H2,1-2H3,(H,15,16). The van der Waals surface area contributed by atoms with Crippen molar-refractivity contribution in [2.45, 2.75) is 18.7 Å². The molecule has 1 atom stereocenters. The number of aryl methyl sites for hydroxylation is 1. The minimum Gasteiger partial charge on any atom is -0.351 e. The van der Waals surface area contributed by atoms with E-state index >= 15 is 0 Å². The van der Waals surface area contributed by atoms with Gasteiger partial charge in [-0.25, -0.2) is 12.8 Å². The van der Waals surface area contributed by atoms with E-state index < -0.39 is 37.1 Å². The molecule has 0 aliphatic heterocycles. The normalized spacial score (nSPS) is 13.0. The third-order valence-corrected chi connectivity index (χ3v) is 5.33. The lowest BCUT2D eigenvalue weighted by molar-refractivity contribution is 0.0951. The number of rotatable bonds is 6. The molecule has 5 nitrogen and oxygen atoms in total. The molecule has 0 aliphatic rings. The van der Waals surface area contributed by atoms with Gasteiger partial charge in [-0.2, -0.15) is 0 Å². The van der Waals surface area contributed by atoms with Gasteiger partial charge in [0.25, 0.3) is 15.0 Å². The van der Waals surface area contributed by atoms with Crippen molar-refractivity contribution < 1.29 is 21.8 Å². The van der Waals surface area contributed by atoms with Crippen molar-refractivity contribution in [1.82, 2.24) is 5.32 Å². The Morgan fingerprint density at radius 3 is 2.57 bits per heavy atom. The third kappa shape index (κ3) is 5.05. The van der Waals surface area contributed by atoms with E-state index in [0.29, 0.717) is 5.75 Å². The van der Waals surface area contributed by atoms with Crippen LogP contribution in [0.4, 0.5) is 4.39 Å². The van der Waals surface area contributed by atoms with E-state index in [0.717, 1.165) is 12.1 Å². The number of amides is 1. The summed E-state index contributed by atoms with van der Waals surface area (Å²) in [6.07, 6.45) is 0. The van der Waals surface area contributed by atoms with Crippen LogP contribution < -0.4 is 5.32 Å². The molecular formula is C12H15ClFNO4S2. The van der Waals surface area contributed by atoms with Crippen LogP contribution in [0.25, 0.3) is 0 Å². The molecule has 0 saturated carbocycles. The first kappa shape index (κ1) is 18.1. The van der Waals surface area contributed by atoms with Crippen LogP contribution in [-0.4, -0.2) is 36.6 Å². The fourth-order valence-electron chi connectivity index (χ4n) is 1.56. The Hall–Kier alpha value is -0.990. The molecule has 1 rings (SSSR count). The molecule has 0 bridgehead atoms. The van der Waals surface area contributed by atoms with Gasteiger partial charge in [0, 0.05) is 39.5 Å². The van der Waals surface area contributed by atoms with Crippen LogP contribution in [0, 0.1) is 12.7 Å². The number of hydrogen-bond donors (Lipinski definition) is 1. The van der Waals surface area contributed by atoms with Gasteiger partial charge in [-0.05, 0) is 24.6 Å². The quantitative estimate of drug-likeness (QED) is 0.785. The Kier molecular flexibility index (Phi) is 6.30. The maximum atomic E-state index is 13.9. The average Bonchev–Trinajstić information content (AvgIpc) is 2.39. The Morgan fingerprint density at radius 1 is 1.43 bits per heavy atom. The van der Waals surface area contributed by atoms with E-state index in [1.54, 1.807) is 6.92 Å². The maximum Gasteiger partial charge on any atom is 0.261 e. The van der Waals surface area contributed by atoms with Crippen LogP contribution >= 0.6 is 10.7 Å². The fraction of sp³-hybridized carbons (Fsp3) is 0.417. The molecular weight excluding hydrogens is 341 g/mol. The topological polar surface area (TPSA) is 80.3 Å². The molecule has 0 heterocycles. The molecule has 118 valence electrons. The fourth-order valence-corrected chi connectivity index (χ4v) is 3.02. The Labute approximate surface area is 129 Å². The zero-order valence-electron chi connectivity index (χ0n) is 11.5. The SMILES string of the molecule is CCS(=O)CCNC(=O)c1cc(S(=O)(=O)Cl)cc(C)c1F. The third-order valence-electron chi connectivity index (χ3n) is 2.69. The summed E-state index contributed by atoms with van der Waals surface area (Å²) in [7, 11) is 0.0895. The van der Waals surface area contributed by atoms with Gasteiger partial charge in [0.05, 0.1) is 10.5 Å². The summed E-state index contributed by atoms with van der Waals surface area (Å²) in [6.45, 7) is 3.19. The van der Waals surface area contributed by atoms with Gasteiger partial charge in [-0.15, -0.1) is 0 Å². The molecule has 1 N–H and O–H groups in total. The second-order valence-corrected chi connectivity index (χ2v) is 8.66. The van der Waals surface area contributed by atoms with Gasteiger partial charge < -0.3 is 5.32 Å². The molecule has 0 spiro atoms. The van der Waals surface area contributed by atoms with E-state index in [4.69, 9.17) is 10.7 Å². The highest BCUT2D eigenvalue weighted by atomic mass is 35.7. The van der Waals surface area contributed by atoms with Crippen LogP contribution in [0.15, 0.2) is 17.0 Å².